The molecule has 2 amide bonds. The van der Waals surface area contributed by atoms with Crippen molar-refractivity contribution in [2.75, 3.05) is 25.5 Å². The van der Waals surface area contributed by atoms with Crippen LogP contribution in [0.4, 0.5) is 10.5 Å². The van der Waals surface area contributed by atoms with Gasteiger partial charge in [0.15, 0.2) is 6.61 Å². The first kappa shape index (κ1) is 16.8. The number of nitrogens with zero attached hydrogens (tertiary/aromatic N) is 1. The molecular weight excluding hydrogens is 272 g/mol. The highest BCUT2D eigenvalue weighted by Gasteiger charge is 2.09. The van der Waals surface area contributed by atoms with Crippen LogP contribution < -0.4 is 10.1 Å². The van der Waals surface area contributed by atoms with Gasteiger partial charge in [0, 0.05) is 19.3 Å². The number of aliphatic carboxylic acids is 1. The van der Waals surface area contributed by atoms with E-state index in [2.05, 4.69) is 19.2 Å². The minimum Gasteiger partial charge on any atom is -0.482 e. The largest absolute Gasteiger partial charge is 0.482 e. The molecule has 116 valence electrons. The topological polar surface area (TPSA) is 78.9 Å². The first-order valence-corrected chi connectivity index (χ1v) is 6.85. The molecular formula is C15H22N2O4. The van der Waals surface area contributed by atoms with Crippen molar-refractivity contribution in [2.24, 2.45) is 5.92 Å². The predicted octanol–water partition coefficient (Wildman–Crippen LogP) is 2.66. The third-order valence-electron chi connectivity index (χ3n) is 2.86. The Balaban J connectivity index is 2.47. The first-order valence-electron chi connectivity index (χ1n) is 6.85. The molecule has 0 heterocycles. The van der Waals surface area contributed by atoms with Crippen LogP contribution in [0.3, 0.4) is 0 Å². The molecule has 1 aromatic rings. The standard InChI is InChI=1S/C15H22N2O4/c1-11(2)8-9-17(3)15(20)16-12-4-6-13(7-5-12)21-10-14(18)19/h4-7,11H,8-10H2,1-3H3,(H,16,20)(H,18,19). The Kier molecular flexibility index (Phi) is 6.52. The van der Waals surface area contributed by atoms with Crippen molar-refractivity contribution < 1.29 is 19.4 Å². The average Bonchev–Trinajstić information content (AvgIpc) is 2.43. The lowest BCUT2D eigenvalue weighted by Gasteiger charge is -2.19. The van der Waals surface area contributed by atoms with E-state index in [9.17, 15) is 9.59 Å². The van der Waals surface area contributed by atoms with Gasteiger partial charge in [-0.3, -0.25) is 0 Å². The molecule has 0 bridgehead atoms. The van der Waals surface area contributed by atoms with E-state index in [1.54, 1.807) is 36.2 Å². The van der Waals surface area contributed by atoms with Crippen molar-refractivity contribution >= 4 is 17.7 Å². The summed E-state index contributed by atoms with van der Waals surface area (Å²) in [7, 11) is 1.75. The Bertz CT molecular complexity index is 471. The molecule has 6 nitrogen and oxygen atoms in total. The summed E-state index contributed by atoms with van der Waals surface area (Å²) < 4.78 is 5.02. The van der Waals surface area contributed by atoms with Crippen LogP contribution in [-0.2, 0) is 4.79 Å². The lowest BCUT2D eigenvalue weighted by Crippen LogP contribution is -2.32. The van der Waals surface area contributed by atoms with Gasteiger partial charge in [0.05, 0.1) is 0 Å². The summed E-state index contributed by atoms with van der Waals surface area (Å²) in [6.07, 6.45) is 0.950. The molecule has 0 aliphatic carbocycles. The Hall–Kier alpha value is -2.24. The van der Waals surface area contributed by atoms with E-state index in [1.807, 2.05) is 0 Å². The van der Waals surface area contributed by atoms with Crippen molar-refractivity contribution in [1.82, 2.24) is 4.90 Å². The van der Waals surface area contributed by atoms with Crippen LogP contribution in [0.25, 0.3) is 0 Å². The first-order chi connectivity index (χ1) is 9.88. The molecule has 0 unspecified atom stereocenters. The minimum absolute atomic E-state index is 0.171. The molecule has 1 rings (SSSR count). The smallest absolute Gasteiger partial charge is 0.341 e. The van der Waals surface area contributed by atoms with E-state index in [1.165, 1.54) is 0 Å². The van der Waals surface area contributed by atoms with E-state index in [0.29, 0.717) is 23.9 Å². The van der Waals surface area contributed by atoms with E-state index >= 15 is 0 Å². The zero-order valence-electron chi connectivity index (χ0n) is 12.6. The SMILES string of the molecule is CC(C)CCN(C)C(=O)Nc1ccc(OCC(=O)O)cc1. The number of carbonyl (C=O) groups excluding carboxylic acids is 1. The van der Waals surface area contributed by atoms with Gasteiger partial charge in [-0.1, -0.05) is 13.8 Å². The zero-order valence-corrected chi connectivity index (χ0v) is 12.6. The highest BCUT2D eigenvalue weighted by Crippen LogP contribution is 2.16. The van der Waals surface area contributed by atoms with Crippen molar-refractivity contribution in [3.63, 3.8) is 0 Å². The van der Waals surface area contributed by atoms with Gasteiger partial charge >= 0.3 is 12.0 Å². The fourth-order valence-electron chi connectivity index (χ4n) is 1.55. The van der Waals surface area contributed by atoms with Crippen LogP contribution in [0.1, 0.15) is 20.3 Å². The van der Waals surface area contributed by atoms with Gasteiger partial charge in [0.2, 0.25) is 0 Å². The summed E-state index contributed by atoms with van der Waals surface area (Å²) >= 11 is 0. The van der Waals surface area contributed by atoms with Crippen LogP contribution >= 0.6 is 0 Å². The third kappa shape index (κ3) is 6.65. The second kappa shape index (κ2) is 8.14. The molecule has 0 saturated heterocycles. The zero-order chi connectivity index (χ0) is 15.8. The number of hydrogen-bond acceptors (Lipinski definition) is 3. The number of carbonyl (C=O) groups is 2. The average molecular weight is 294 g/mol. The van der Waals surface area contributed by atoms with Crippen molar-refractivity contribution in [2.45, 2.75) is 20.3 Å². The van der Waals surface area contributed by atoms with Gasteiger partial charge in [0.1, 0.15) is 5.75 Å². The van der Waals surface area contributed by atoms with Gasteiger partial charge in [0.25, 0.3) is 0 Å². The minimum atomic E-state index is -1.03. The maximum absolute atomic E-state index is 11.9. The lowest BCUT2D eigenvalue weighted by molar-refractivity contribution is -0.139. The molecule has 21 heavy (non-hydrogen) atoms. The maximum atomic E-state index is 11.9. The van der Waals surface area contributed by atoms with Crippen LogP contribution in [0, 0.1) is 5.92 Å². The summed E-state index contributed by atoms with van der Waals surface area (Å²) in [5.41, 5.74) is 0.638. The summed E-state index contributed by atoms with van der Waals surface area (Å²) in [5, 5.41) is 11.3. The molecule has 2 N–H and O–H groups in total. The number of anilines is 1. The fraction of sp³-hybridized carbons (Fsp3) is 0.467. The second-order valence-electron chi connectivity index (χ2n) is 5.24. The van der Waals surface area contributed by atoms with Crippen LogP contribution in [0.5, 0.6) is 5.75 Å². The Morgan fingerprint density at radius 3 is 2.43 bits per heavy atom. The molecule has 0 radical (unpaired) electrons. The Morgan fingerprint density at radius 2 is 1.90 bits per heavy atom. The molecule has 0 fully saturated rings. The number of carboxylic acid groups (broad SMARTS) is 1. The van der Waals surface area contributed by atoms with Crippen molar-refractivity contribution in [3.05, 3.63) is 24.3 Å². The van der Waals surface area contributed by atoms with E-state index < -0.39 is 5.97 Å². The van der Waals surface area contributed by atoms with Gasteiger partial charge in [-0.2, -0.15) is 0 Å². The molecule has 0 spiro atoms. The number of rotatable bonds is 7. The molecule has 1 aromatic carbocycles. The summed E-state index contributed by atoms with van der Waals surface area (Å²) in [5.74, 6) is -0.0337. The molecule has 0 atom stereocenters. The highest BCUT2D eigenvalue weighted by atomic mass is 16.5. The quantitative estimate of drug-likeness (QED) is 0.810. The van der Waals surface area contributed by atoms with Crippen LogP contribution in [-0.4, -0.2) is 42.2 Å². The Morgan fingerprint density at radius 1 is 1.29 bits per heavy atom. The predicted molar refractivity (Wildman–Crippen MR) is 80.7 cm³/mol. The lowest BCUT2D eigenvalue weighted by atomic mass is 10.1. The van der Waals surface area contributed by atoms with E-state index in [4.69, 9.17) is 9.84 Å². The normalized spacial score (nSPS) is 10.3. The maximum Gasteiger partial charge on any atom is 0.341 e. The number of hydrogen-bond donors (Lipinski definition) is 2. The van der Waals surface area contributed by atoms with Crippen molar-refractivity contribution in [3.8, 4) is 5.75 Å². The summed E-state index contributed by atoms with van der Waals surface area (Å²) in [6.45, 7) is 4.54. The van der Waals surface area contributed by atoms with Crippen LogP contribution in [0.2, 0.25) is 0 Å². The summed E-state index contributed by atoms with van der Waals surface area (Å²) in [6, 6.07) is 6.41. The molecule has 0 aliphatic heterocycles. The fourth-order valence-corrected chi connectivity index (χ4v) is 1.55. The van der Waals surface area contributed by atoms with Gasteiger partial charge in [-0.25, -0.2) is 9.59 Å². The number of urea groups is 1. The van der Waals surface area contributed by atoms with Crippen molar-refractivity contribution in [1.29, 1.82) is 0 Å². The number of carboxylic acids is 1. The van der Waals surface area contributed by atoms with Gasteiger partial charge < -0.3 is 20.1 Å². The van der Waals surface area contributed by atoms with E-state index in [0.717, 1.165) is 6.42 Å². The number of benzene rings is 1. The molecule has 6 heteroatoms. The number of amides is 2. The molecule has 0 aromatic heterocycles. The van der Waals surface area contributed by atoms with Crippen LogP contribution in [0.15, 0.2) is 24.3 Å². The van der Waals surface area contributed by atoms with Gasteiger partial charge in [-0.15, -0.1) is 0 Å². The molecule has 0 aliphatic rings. The second-order valence-corrected chi connectivity index (χ2v) is 5.24. The van der Waals surface area contributed by atoms with E-state index in [-0.39, 0.29) is 12.6 Å². The summed E-state index contributed by atoms with van der Waals surface area (Å²) in [4.78, 5) is 23.9. The highest BCUT2D eigenvalue weighted by molar-refractivity contribution is 5.89. The Labute approximate surface area is 124 Å². The molecule has 0 saturated carbocycles. The van der Waals surface area contributed by atoms with Gasteiger partial charge in [-0.05, 0) is 36.6 Å². The third-order valence-corrected chi connectivity index (χ3v) is 2.86. The number of ether oxygens (including phenoxy) is 1. The monoisotopic (exact) mass is 294 g/mol. The number of nitrogens with one attached hydrogen (secondary N) is 1.